The third kappa shape index (κ3) is 2.62. The molecule has 0 spiro atoms. The van der Waals surface area contributed by atoms with Crippen LogP contribution in [0.4, 0.5) is 21.5 Å². The first-order valence-electron chi connectivity index (χ1n) is 5.99. The van der Waals surface area contributed by atoms with Crippen molar-refractivity contribution in [3.63, 3.8) is 0 Å². The zero-order chi connectivity index (χ0) is 14.0. The summed E-state index contributed by atoms with van der Waals surface area (Å²) in [5, 5.41) is 3.21. The molecule has 0 aromatic heterocycles. The van der Waals surface area contributed by atoms with Crippen molar-refractivity contribution in [2.75, 3.05) is 18.2 Å². The lowest BCUT2D eigenvalue weighted by atomic mass is 10.1. The van der Waals surface area contributed by atoms with Gasteiger partial charge < -0.3 is 15.8 Å². The Bertz CT molecular complexity index is 611. The van der Waals surface area contributed by atoms with Crippen molar-refractivity contribution in [3.05, 3.63) is 47.3 Å². The molecule has 100 valence electrons. The maximum absolute atomic E-state index is 13.5. The SMILES string of the molecule is COc1cc(Nc2cccc(C)c2C)c(N)cc1F. The molecular weight excluding hydrogens is 243 g/mol. The summed E-state index contributed by atoms with van der Waals surface area (Å²) in [4.78, 5) is 0. The molecule has 0 saturated heterocycles. The monoisotopic (exact) mass is 260 g/mol. The molecule has 0 radical (unpaired) electrons. The van der Waals surface area contributed by atoms with Gasteiger partial charge in [-0.05, 0) is 31.0 Å². The van der Waals surface area contributed by atoms with Crippen LogP contribution >= 0.6 is 0 Å². The molecule has 2 rings (SSSR count). The fourth-order valence-corrected chi connectivity index (χ4v) is 1.87. The average molecular weight is 260 g/mol. The number of nitrogen functional groups attached to an aromatic ring is 1. The molecule has 19 heavy (non-hydrogen) atoms. The molecular formula is C15H17FN2O. The number of hydrogen-bond acceptors (Lipinski definition) is 3. The highest BCUT2D eigenvalue weighted by Crippen LogP contribution is 2.31. The summed E-state index contributed by atoms with van der Waals surface area (Å²) in [6, 6.07) is 8.77. The highest BCUT2D eigenvalue weighted by atomic mass is 19.1. The van der Waals surface area contributed by atoms with E-state index in [1.165, 1.54) is 18.7 Å². The van der Waals surface area contributed by atoms with E-state index in [9.17, 15) is 4.39 Å². The molecule has 0 aliphatic rings. The van der Waals surface area contributed by atoms with E-state index in [-0.39, 0.29) is 5.75 Å². The number of ether oxygens (including phenoxy) is 1. The van der Waals surface area contributed by atoms with Gasteiger partial charge in [0.1, 0.15) is 0 Å². The fraction of sp³-hybridized carbons (Fsp3) is 0.200. The Morgan fingerprint density at radius 1 is 1.16 bits per heavy atom. The van der Waals surface area contributed by atoms with E-state index in [2.05, 4.69) is 5.32 Å². The van der Waals surface area contributed by atoms with Crippen LogP contribution in [0.1, 0.15) is 11.1 Å². The molecule has 0 heterocycles. The van der Waals surface area contributed by atoms with Crippen molar-refractivity contribution >= 4 is 17.1 Å². The first-order valence-corrected chi connectivity index (χ1v) is 5.99. The highest BCUT2D eigenvalue weighted by molar-refractivity contribution is 5.75. The quantitative estimate of drug-likeness (QED) is 0.826. The Hall–Kier alpha value is -2.23. The van der Waals surface area contributed by atoms with Gasteiger partial charge in [-0.1, -0.05) is 12.1 Å². The summed E-state index contributed by atoms with van der Waals surface area (Å²) in [6.45, 7) is 4.06. The molecule has 2 aromatic rings. The van der Waals surface area contributed by atoms with E-state index in [4.69, 9.17) is 10.5 Å². The van der Waals surface area contributed by atoms with E-state index in [1.54, 1.807) is 6.07 Å². The molecule has 0 fully saturated rings. The Morgan fingerprint density at radius 3 is 2.58 bits per heavy atom. The molecule has 0 saturated carbocycles. The van der Waals surface area contributed by atoms with Crippen LogP contribution in [-0.2, 0) is 0 Å². The fourth-order valence-electron chi connectivity index (χ4n) is 1.87. The largest absolute Gasteiger partial charge is 0.494 e. The molecule has 0 amide bonds. The number of halogens is 1. The second kappa shape index (κ2) is 5.18. The first kappa shape index (κ1) is 13.2. The maximum atomic E-state index is 13.5. The molecule has 2 aromatic carbocycles. The normalized spacial score (nSPS) is 10.3. The third-order valence-electron chi connectivity index (χ3n) is 3.20. The Balaban J connectivity index is 2.41. The van der Waals surface area contributed by atoms with Crippen LogP contribution in [0.2, 0.25) is 0 Å². The number of nitrogens with two attached hydrogens (primary N) is 1. The highest BCUT2D eigenvalue weighted by Gasteiger charge is 2.09. The van der Waals surface area contributed by atoms with Gasteiger partial charge in [-0.25, -0.2) is 4.39 Å². The summed E-state index contributed by atoms with van der Waals surface area (Å²) in [7, 11) is 1.43. The summed E-state index contributed by atoms with van der Waals surface area (Å²) >= 11 is 0. The predicted molar refractivity (Wildman–Crippen MR) is 76.6 cm³/mol. The molecule has 0 unspecified atom stereocenters. The van der Waals surface area contributed by atoms with Crippen LogP contribution in [0.5, 0.6) is 5.75 Å². The van der Waals surface area contributed by atoms with Gasteiger partial charge in [0.15, 0.2) is 11.6 Å². The van der Waals surface area contributed by atoms with E-state index < -0.39 is 5.82 Å². The predicted octanol–water partition coefficient (Wildman–Crippen LogP) is 3.78. The van der Waals surface area contributed by atoms with E-state index in [1.807, 2.05) is 32.0 Å². The second-order valence-electron chi connectivity index (χ2n) is 4.45. The molecule has 0 atom stereocenters. The van der Waals surface area contributed by atoms with Gasteiger partial charge in [-0.15, -0.1) is 0 Å². The summed E-state index contributed by atoms with van der Waals surface area (Å²) in [6.07, 6.45) is 0. The lowest BCUT2D eigenvalue weighted by Crippen LogP contribution is -2.01. The first-order chi connectivity index (χ1) is 9.02. The average Bonchev–Trinajstić information content (AvgIpc) is 2.38. The minimum Gasteiger partial charge on any atom is -0.494 e. The summed E-state index contributed by atoms with van der Waals surface area (Å²) in [5.74, 6) is -0.298. The second-order valence-corrected chi connectivity index (χ2v) is 4.45. The van der Waals surface area contributed by atoms with Crippen molar-refractivity contribution < 1.29 is 9.13 Å². The molecule has 3 N–H and O–H groups in total. The number of rotatable bonds is 3. The zero-order valence-corrected chi connectivity index (χ0v) is 11.3. The van der Waals surface area contributed by atoms with Crippen LogP contribution in [0.25, 0.3) is 0 Å². The van der Waals surface area contributed by atoms with Gasteiger partial charge >= 0.3 is 0 Å². The van der Waals surface area contributed by atoms with Gasteiger partial charge in [0.25, 0.3) is 0 Å². The molecule has 4 heteroatoms. The van der Waals surface area contributed by atoms with Gasteiger partial charge in [0.2, 0.25) is 0 Å². The Kier molecular flexibility index (Phi) is 3.60. The lowest BCUT2D eigenvalue weighted by Gasteiger charge is -2.14. The van der Waals surface area contributed by atoms with Crippen molar-refractivity contribution in [1.82, 2.24) is 0 Å². The van der Waals surface area contributed by atoms with Crippen molar-refractivity contribution in [3.8, 4) is 5.75 Å². The van der Waals surface area contributed by atoms with Crippen molar-refractivity contribution in [2.45, 2.75) is 13.8 Å². The van der Waals surface area contributed by atoms with Crippen LogP contribution in [-0.4, -0.2) is 7.11 Å². The smallest absolute Gasteiger partial charge is 0.167 e. The van der Waals surface area contributed by atoms with Gasteiger partial charge in [0, 0.05) is 17.8 Å². The molecule has 0 bridgehead atoms. The van der Waals surface area contributed by atoms with Crippen LogP contribution in [0, 0.1) is 19.7 Å². The van der Waals surface area contributed by atoms with E-state index in [0.717, 1.165) is 11.3 Å². The minimum atomic E-state index is -0.466. The summed E-state index contributed by atoms with van der Waals surface area (Å²) in [5.41, 5.74) is 10.1. The summed E-state index contributed by atoms with van der Waals surface area (Å²) < 4.78 is 18.4. The van der Waals surface area contributed by atoms with Gasteiger partial charge in [0.05, 0.1) is 18.5 Å². The number of methoxy groups -OCH3 is 1. The van der Waals surface area contributed by atoms with Gasteiger partial charge in [-0.2, -0.15) is 0 Å². The zero-order valence-electron chi connectivity index (χ0n) is 11.3. The molecule has 3 nitrogen and oxygen atoms in total. The maximum Gasteiger partial charge on any atom is 0.167 e. The van der Waals surface area contributed by atoms with Crippen LogP contribution < -0.4 is 15.8 Å². The van der Waals surface area contributed by atoms with Crippen molar-refractivity contribution in [2.24, 2.45) is 0 Å². The van der Waals surface area contributed by atoms with Crippen molar-refractivity contribution in [1.29, 1.82) is 0 Å². The topological polar surface area (TPSA) is 47.3 Å². The minimum absolute atomic E-state index is 0.169. The Labute approximate surface area is 112 Å². The number of anilines is 3. The standard InChI is InChI=1S/C15H17FN2O/c1-9-5-4-6-13(10(9)2)18-14-8-15(19-3)11(16)7-12(14)17/h4-8,18H,17H2,1-3H3. The number of benzene rings is 2. The number of hydrogen-bond donors (Lipinski definition) is 2. The number of aryl methyl sites for hydroxylation is 1. The van der Waals surface area contributed by atoms with E-state index in [0.29, 0.717) is 11.4 Å². The molecule has 0 aliphatic carbocycles. The third-order valence-corrected chi connectivity index (χ3v) is 3.20. The Morgan fingerprint density at radius 2 is 1.89 bits per heavy atom. The number of nitrogens with one attached hydrogen (secondary N) is 1. The lowest BCUT2D eigenvalue weighted by molar-refractivity contribution is 0.387. The molecule has 0 aliphatic heterocycles. The van der Waals surface area contributed by atoms with Crippen LogP contribution in [0.3, 0.4) is 0 Å². The van der Waals surface area contributed by atoms with Gasteiger partial charge in [-0.3, -0.25) is 0 Å². The van der Waals surface area contributed by atoms with Crippen LogP contribution in [0.15, 0.2) is 30.3 Å². The van der Waals surface area contributed by atoms with E-state index >= 15 is 0 Å².